The van der Waals surface area contributed by atoms with Crippen molar-refractivity contribution in [1.82, 2.24) is 5.32 Å². The first-order valence-corrected chi connectivity index (χ1v) is 4.55. The lowest BCUT2D eigenvalue weighted by Gasteiger charge is -2.22. The van der Waals surface area contributed by atoms with Gasteiger partial charge in [-0.1, -0.05) is 20.3 Å². The van der Waals surface area contributed by atoms with E-state index in [1.807, 2.05) is 6.92 Å². The molecule has 68 valence electrons. The Balaban J connectivity index is 3.38. The molecule has 0 amide bonds. The lowest BCUT2D eigenvalue weighted by molar-refractivity contribution is 0.0417. The van der Waals surface area contributed by atoms with E-state index in [-0.39, 0.29) is 0 Å². The molecule has 2 N–H and O–H groups in total. The van der Waals surface area contributed by atoms with Gasteiger partial charge in [0.25, 0.3) is 0 Å². The highest BCUT2D eigenvalue weighted by Crippen LogP contribution is 2.14. The summed E-state index contributed by atoms with van der Waals surface area (Å²) in [6.07, 6.45) is 2.81. The van der Waals surface area contributed by atoms with Gasteiger partial charge in [-0.15, -0.1) is 0 Å². The molecule has 1 atom stereocenters. The first-order valence-electron chi connectivity index (χ1n) is 4.55. The summed E-state index contributed by atoms with van der Waals surface area (Å²) in [6.45, 7) is 8.00. The Morgan fingerprint density at radius 3 is 2.36 bits per heavy atom. The first-order chi connectivity index (χ1) is 5.12. The zero-order chi connectivity index (χ0) is 8.74. The van der Waals surface area contributed by atoms with Crippen LogP contribution in [0.2, 0.25) is 0 Å². The van der Waals surface area contributed by atoms with Gasteiger partial charge in [0.15, 0.2) is 0 Å². The Morgan fingerprint density at radius 2 is 1.91 bits per heavy atom. The maximum absolute atomic E-state index is 9.70. The number of hydrogen-bond donors (Lipinski definition) is 2. The smallest absolute Gasteiger partial charge is 0.0631 e. The highest BCUT2D eigenvalue weighted by Gasteiger charge is 2.17. The highest BCUT2D eigenvalue weighted by atomic mass is 16.3. The van der Waals surface area contributed by atoms with E-state index in [0.29, 0.717) is 0 Å². The molecule has 0 aliphatic rings. The van der Waals surface area contributed by atoms with Crippen molar-refractivity contribution >= 4 is 0 Å². The van der Waals surface area contributed by atoms with E-state index >= 15 is 0 Å². The van der Waals surface area contributed by atoms with Crippen LogP contribution >= 0.6 is 0 Å². The highest BCUT2D eigenvalue weighted by molar-refractivity contribution is 4.72. The van der Waals surface area contributed by atoms with E-state index < -0.39 is 5.60 Å². The van der Waals surface area contributed by atoms with Gasteiger partial charge in [-0.2, -0.15) is 0 Å². The van der Waals surface area contributed by atoms with E-state index in [0.717, 1.165) is 32.4 Å². The normalized spacial score (nSPS) is 16.4. The number of aliphatic hydroxyl groups is 1. The van der Waals surface area contributed by atoms with Gasteiger partial charge in [0, 0.05) is 0 Å². The standard InChI is InChI=1S/C9H21NO/c1-4-6-9(3,11)7-8-10-5-2/h10-11H,4-8H2,1-3H3. The van der Waals surface area contributed by atoms with Gasteiger partial charge >= 0.3 is 0 Å². The zero-order valence-electron chi connectivity index (χ0n) is 7.98. The first kappa shape index (κ1) is 10.9. The van der Waals surface area contributed by atoms with Gasteiger partial charge in [-0.05, 0) is 32.9 Å². The number of rotatable bonds is 6. The fourth-order valence-electron chi connectivity index (χ4n) is 1.20. The lowest BCUT2D eigenvalue weighted by atomic mass is 9.97. The fraction of sp³-hybridized carbons (Fsp3) is 1.00. The Bertz CT molecular complexity index is 91.6. The number of hydrogen-bond acceptors (Lipinski definition) is 2. The average molecular weight is 159 g/mol. The molecule has 0 aromatic rings. The molecule has 0 aliphatic heterocycles. The summed E-state index contributed by atoms with van der Waals surface area (Å²) < 4.78 is 0. The van der Waals surface area contributed by atoms with Crippen molar-refractivity contribution in [3.8, 4) is 0 Å². The Kier molecular flexibility index (Phi) is 5.51. The average Bonchev–Trinajstić information content (AvgIpc) is 1.87. The van der Waals surface area contributed by atoms with E-state index in [4.69, 9.17) is 0 Å². The van der Waals surface area contributed by atoms with Gasteiger partial charge in [0.1, 0.15) is 0 Å². The summed E-state index contributed by atoms with van der Waals surface area (Å²) in [7, 11) is 0. The fourth-order valence-corrected chi connectivity index (χ4v) is 1.20. The van der Waals surface area contributed by atoms with Crippen LogP contribution in [0.15, 0.2) is 0 Å². The molecule has 0 aromatic carbocycles. The van der Waals surface area contributed by atoms with Crippen LogP contribution in [0.5, 0.6) is 0 Å². The van der Waals surface area contributed by atoms with Crippen LogP contribution in [-0.2, 0) is 0 Å². The molecule has 0 saturated heterocycles. The predicted octanol–water partition coefficient (Wildman–Crippen LogP) is 1.54. The molecular formula is C9H21NO. The van der Waals surface area contributed by atoms with Gasteiger partial charge in [-0.25, -0.2) is 0 Å². The molecule has 2 nitrogen and oxygen atoms in total. The summed E-state index contributed by atoms with van der Waals surface area (Å²) in [5.41, 5.74) is -0.461. The third-order valence-electron chi connectivity index (χ3n) is 1.88. The molecule has 1 unspecified atom stereocenters. The van der Waals surface area contributed by atoms with Crippen molar-refractivity contribution < 1.29 is 5.11 Å². The lowest BCUT2D eigenvalue weighted by Crippen LogP contribution is -2.29. The number of nitrogens with one attached hydrogen (secondary N) is 1. The van der Waals surface area contributed by atoms with Crippen molar-refractivity contribution in [3.63, 3.8) is 0 Å². The van der Waals surface area contributed by atoms with Gasteiger partial charge in [-0.3, -0.25) is 0 Å². The molecule has 0 aliphatic carbocycles. The van der Waals surface area contributed by atoms with E-state index in [2.05, 4.69) is 19.2 Å². The van der Waals surface area contributed by atoms with Crippen LogP contribution < -0.4 is 5.32 Å². The van der Waals surface area contributed by atoms with Gasteiger partial charge in [0.05, 0.1) is 5.60 Å². The SMILES string of the molecule is CCCC(C)(O)CCNCC. The second-order valence-corrected chi connectivity index (χ2v) is 3.35. The zero-order valence-corrected chi connectivity index (χ0v) is 7.98. The molecule has 0 rings (SSSR count). The van der Waals surface area contributed by atoms with Gasteiger partial charge in [0.2, 0.25) is 0 Å². The van der Waals surface area contributed by atoms with E-state index in [9.17, 15) is 5.11 Å². The molecule has 0 radical (unpaired) electrons. The van der Waals surface area contributed by atoms with Crippen LogP contribution in [-0.4, -0.2) is 23.8 Å². The van der Waals surface area contributed by atoms with Crippen LogP contribution in [0.4, 0.5) is 0 Å². The molecule has 0 bridgehead atoms. The van der Waals surface area contributed by atoms with E-state index in [1.54, 1.807) is 0 Å². The van der Waals surface area contributed by atoms with E-state index in [1.165, 1.54) is 0 Å². The summed E-state index contributed by atoms with van der Waals surface area (Å²) in [5.74, 6) is 0. The molecule has 0 aromatic heterocycles. The minimum atomic E-state index is -0.461. The minimum Gasteiger partial charge on any atom is -0.390 e. The minimum absolute atomic E-state index is 0.461. The molecule has 0 spiro atoms. The topological polar surface area (TPSA) is 32.3 Å². The van der Waals surface area contributed by atoms with Crippen molar-refractivity contribution in [2.24, 2.45) is 0 Å². The van der Waals surface area contributed by atoms with Crippen LogP contribution in [0.3, 0.4) is 0 Å². The molecule has 0 saturated carbocycles. The second-order valence-electron chi connectivity index (χ2n) is 3.35. The third-order valence-corrected chi connectivity index (χ3v) is 1.88. The Labute approximate surface area is 70.0 Å². The molecule has 2 heteroatoms. The molecule has 11 heavy (non-hydrogen) atoms. The van der Waals surface area contributed by atoms with Crippen molar-refractivity contribution in [1.29, 1.82) is 0 Å². The molecule has 0 fully saturated rings. The summed E-state index contributed by atoms with van der Waals surface area (Å²) in [5, 5.41) is 12.9. The van der Waals surface area contributed by atoms with Crippen molar-refractivity contribution in [2.75, 3.05) is 13.1 Å². The van der Waals surface area contributed by atoms with Gasteiger partial charge < -0.3 is 10.4 Å². The monoisotopic (exact) mass is 159 g/mol. The third kappa shape index (κ3) is 6.32. The van der Waals surface area contributed by atoms with Crippen molar-refractivity contribution in [2.45, 2.75) is 45.6 Å². The predicted molar refractivity (Wildman–Crippen MR) is 48.7 cm³/mol. The summed E-state index contributed by atoms with van der Waals surface area (Å²) >= 11 is 0. The maximum Gasteiger partial charge on any atom is 0.0631 e. The summed E-state index contributed by atoms with van der Waals surface area (Å²) in [6, 6.07) is 0. The largest absolute Gasteiger partial charge is 0.390 e. The quantitative estimate of drug-likeness (QED) is 0.576. The maximum atomic E-state index is 9.70. The second kappa shape index (κ2) is 5.56. The Morgan fingerprint density at radius 1 is 1.27 bits per heavy atom. The molecule has 0 heterocycles. The Hall–Kier alpha value is -0.0800. The molecular weight excluding hydrogens is 138 g/mol. The van der Waals surface area contributed by atoms with Crippen LogP contribution in [0, 0.1) is 0 Å². The summed E-state index contributed by atoms with van der Waals surface area (Å²) in [4.78, 5) is 0. The van der Waals surface area contributed by atoms with Crippen LogP contribution in [0.1, 0.15) is 40.0 Å². The van der Waals surface area contributed by atoms with Crippen LogP contribution in [0.25, 0.3) is 0 Å². The van der Waals surface area contributed by atoms with Crippen molar-refractivity contribution in [3.05, 3.63) is 0 Å².